The summed E-state index contributed by atoms with van der Waals surface area (Å²) in [6.07, 6.45) is 3.71. The van der Waals surface area contributed by atoms with Gasteiger partial charge in [0, 0.05) is 16.5 Å². The Balaban J connectivity index is 2.93. The van der Waals surface area contributed by atoms with Crippen molar-refractivity contribution >= 4 is 49.3 Å². The minimum atomic E-state index is -0.0785. The van der Waals surface area contributed by atoms with Crippen molar-refractivity contribution < 1.29 is 0 Å². The van der Waals surface area contributed by atoms with Crippen LogP contribution in [0.15, 0.2) is 21.2 Å². The van der Waals surface area contributed by atoms with Gasteiger partial charge < -0.3 is 5.32 Å². The topological polar surface area (TPSA) is 24.9 Å². The van der Waals surface area contributed by atoms with Gasteiger partial charge in [0.2, 0.25) is 0 Å². The van der Waals surface area contributed by atoms with E-state index in [4.69, 9.17) is 11.6 Å². The maximum absolute atomic E-state index is 6.04. The molecule has 0 atom stereocenters. The molecule has 0 aliphatic carbocycles. The number of halogens is 3. The zero-order valence-corrected chi connectivity index (χ0v) is 13.3. The zero-order valence-electron chi connectivity index (χ0n) is 9.36. The molecule has 0 fully saturated rings. The fourth-order valence-corrected chi connectivity index (χ4v) is 2.94. The molecular formula is C11H15Br2ClN2. The van der Waals surface area contributed by atoms with E-state index >= 15 is 0 Å². The van der Waals surface area contributed by atoms with Gasteiger partial charge in [0.15, 0.2) is 0 Å². The Labute approximate surface area is 118 Å². The average Bonchev–Trinajstić information content (AvgIpc) is 2.29. The lowest BCUT2D eigenvalue weighted by Gasteiger charge is -2.31. The Hall–Kier alpha value is 0.200. The van der Waals surface area contributed by atoms with E-state index < -0.39 is 0 Å². The third-order valence-electron chi connectivity index (χ3n) is 2.80. The van der Waals surface area contributed by atoms with Crippen LogP contribution >= 0.6 is 43.5 Å². The van der Waals surface area contributed by atoms with Crippen LogP contribution in [0.3, 0.4) is 0 Å². The van der Waals surface area contributed by atoms with Crippen LogP contribution in [0.4, 0.5) is 5.82 Å². The van der Waals surface area contributed by atoms with Crippen LogP contribution in [0.25, 0.3) is 0 Å². The SMILES string of the molecule is CCC(CC)(CCl)Nc1ncc(Br)cc1Br. The van der Waals surface area contributed by atoms with Gasteiger partial charge in [0.05, 0.1) is 10.0 Å². The van der Waals surface area contributed by atoms with E-state index in [2.05, 4.69) is 56.0 Å². The fourth-order valence-electron chi connectivity index (χ4n) is 1.41. The molecule has 5 heteroatoms. The van der Waals surface area contributed by atoms with Crippen molar-refractivity contribution in [2.24, 2.45) is 0 Å². The second-order valence-electron chi connectivity index (χ2n) is 3.73. The average molecular weight is 371 g/mol. The first-order valence-electron chi connectivity index (χ1n) is 5.22. The number of hydrogen-bond donors (Lipinski definition) is 1. The maximum Gasteiger partial charge on any atom is 0.140 e. The number of alkyl halides is 1. The Morgan fingerprint density at radius 2 is 2.00 bits per heavy atom. The summed E-state index contributed by atoms with van der Waals surface area (Å²) in [5.74, 6) is 1.41. The van der Waals surface area contributed by atoms with E-state index in [0.717, 1.165) is 27.6 Å². The summed E-state index contributed by atoms with van der Waals surface area (Å²) in [4.78, 5) is 4.34. The Morgan fingerprint density at radius 1 is 1.38 bits per heavy atom. The zero-order chi connectivity index (χ0) is 12.2. The van der Waals surface area contributed by atoms with Crippen molar-refractivity contribution in [3.8, 4) is 0 Å². The second kappa shape index (κ2) is 6.22. The van der Waals surface area contributed by atoms with Crippen molar-refractivity contribution in [3.63, 3.8) is 0 Å². The van der Waals surface area contributed by atoms with Crippen molar-refractivity contribution in [2.45, 2.75) is 32.2 Å². The molecule has 0 aromatic carbocycles. The third kappa shape index (κ3) is 3.34. The summed E-state index contributed by atoms with van der Waals surface area (Å²) in [6.45, 7) is 4.26. The molecule has 1 heterocycles. The lowest BCUT2D eigenvalue weighted by molar-refractivity contribution is 0.482. The second-order valence-corrected chi connectivity index (χ2v) is 5.77. The minimum absolute atomic E-state index is 0.0785. The lowest BCUT2D eigenvalue weighted by atomic mass is 9.95. The normalized spacial score (nSPS) is 11.6. The van der Waals surface area contributed by atoms with Gasteiger partial charge in [-0.05, 0) is 50.8 Å². The van der Waals surface area contributed by atoms with Crippen molar-refractivity contribution in [3.05, 3.63) is 21.2 Å². The molecule has 0 amide bonds. The maximum atomic E-state index is 6.04. The Kier molecular flexibility index (Phi) is 5.54. The number of nitrogens with one attached hydrogen (secondary N) is 1. The number of aromatic nitrogens is 1. The van der Waals surface area contributed by atoms with E-state index in [1.165, 1.54) is 0 Å². The van der Waals surface area contributed by atoms with Gasteiger partial charge in [-0.3, -0.25) is 0 Å². The molecule has 0 saturated heterocycles. The van der Waals surface area contributed by atoms with E-state index in [0.29, 0.717) is 5.88 Å². The highest BCUT2D eigenvalue weighted by Gasteiger charge is 2.25. The monoisotopic (exact) mass is 368 g/mol. The number of anilines is 1. The highest BCUT2D eigenvalue weighted by molar-refractivity contribution is 9.11. The summed E-state index contributed by atoms with van der Waals surface area (Å²) in [6, 6.07) is 1.97. The minimum Gasteiger partial charge on any atom is -0.363 e. The summed E-state index contributed by atoms with van der Waals surface area (Å²) >= 11 is 12.9. The van der Waals surface area contributed by atoms with Gasteiger partial charge in [-0.15, -0.1) is 11.6 Å². The van der Waals surface area contributed by atoms with Gasteiger partial charge in [0.1, 0.15) is 5.82 Å². The van der Waals surface area contributed by atoms with Crippen LogP contribution in [0.1, 0.15) is 26.7 Å². The van der Waals surface area contributed by atoms with Gasteiger partial charge >= 0.3 is 0 Å². The largest absolute Gasteiger partial charge is 0.363 e. The van der Waals surface area contributed by atoms with E-state index in [9.17, 15) is 0 Å². The fraction of sp³-hybridized carbons (Fsp3) is 0.545. The number of rotatable bonds is 5. The summed E-state index contributed by atoms with van der Waals surface area (Å²) in [7, 11) is 0. The molecule has 0 radical (unpaired) electrons. The quantitative estimate of drug-likeness (QED) is 0.752. The summed E-state index contributed by atoms with van der Waals surface area (Å²) in [5, 5.41) is 3.43. The molecule has 1 aromatic heterocycles. The molecule has 0 aliphatic heterocycles. The Bertz CT molecular complexity index is 346. The summed E-state index contributed by atoms with van der Waals surface area (Å²) < 4.78 is 1.90. The van der Waals surface area contributed by atoms with Crippen LogP contribution in [-0.2, 0) is 0 Å². The highest BCUT2D eigenvalue weighted by Crippen LogP contribution is 2.29. The molecule has 90 valence electrons. The van der Waals surface area contributed by atoms with Crippen molar-refractivity contribution in [2.75, 3.05) is 11.2 Å². The lowest BCUT2D eigenvalue weighted by Crippen LogP contribution is -2.39. The standard InChI is InChI=1S/C11H15Br2ClN2/c1-3-11(4-2,7-14)16-10-9(13)5-8(12)6-15-10/h5-6H,3-4,7H2,1-2H3,(H,15,16). The smallest absolute Gasteiger partial charge is 0.140 e. The molecule has 0 bridgehead atoms. The predicted molar refractivity (Wildman–Crippen MR) is 77.3 cm³/mol. The number of nitrogens with zero attached hydrogens (tertiary/aromatic N) is 1. The van der Waals surface area contributed by atoms with E-state index in [1.54, 1.807) is 6.20 Å². The number of hydrogen-bond acceptors (Lipinski definition) is 2. The number of pyridine rings is 1. The van der Waals surface area contributed by atoms with Crippen LogP contribution in [0, 0.1) is 0 Å². The van der Waals surface area contributed by atoms with Crippen molar-refractivity contribution in [1.29, 1.82) is 0 Å². The van der Waals surface area contributed by atoms with Gasteiger partial charge in [-0.2, -0.15) is 0 Å². The van der Waals surface area contributed by atoms with Gasteiger partial charge in [-0.1, -0.05) is 13.8 Å². The van der Waals surface area contributed by atoms with Crippen LogP contribution in [-0.4, -0.2) is 16.4 Å². The molecule has 0 unspecified atom stereocenters. The first-order chi connectivity index (χ1) is 7.56. The van der Waals surface area contributed by atoms with E-state index in [-0.39, 0.29) is 5.54 Å². The molecule has 0 aliphatic rings. The first-order valence-corrected chi connectivity index (χ1v) is 7.34. The van der Waals surface area contributed by atoms with Crippen molar-refractivity contribution in [1.82, 2.24) is 4.98 Å². The first kappa shape index (κ1) is 14.3. The predicted octanol–water partition coefficient (Wildman–Crippen LogP) is 4.82. The highest BCUT2D eigenvalue weighted by atomic mass is 79.9. The van der Waals surface area contributed by atoms with Crippen LogP contribution < -0.4 is 5.32 Å². The molecule has 1 rings (SSSR count). The molecule has 0 spiro atoms. The molecule has 2 nitrogen and oxygen atoms in total. The van der Waals surface area contributed by atoms with Crippen LogP contribution in [0.2, 0.25) is 0 Å². The molecule has 16 heavy (non-hydrogen) atoms. The summed E-state index contributed by atoms with van der Waals surface area (Å²) in [5.41, 5.74) is -0.0785. The third-order valence-corrected chi connectivity index (χ3v) is 4.35. The molecule has 1 N–H and O–H groups in total. The van der Waals surface area contributed by atoms with Gasteiger partial charge in [-0.25, -0.2) is 4.98 Å². The van der Waals surface area contributed by atoms with Crippen LogP contribution in [0.5, 0.6) is 0 Å². The van der Waals surface area contributed by atoms with E-state index in [1.807, 2.05) is 6.07 Å². The Morgan fingerprint density at radius 3 is 2.44 bits per heavy atom. The molecular weight excluding hydrogens is 355 g/mol. The molecule has 1 aromatic rings. The van der Waals surface area contributed by atoms with Gasteiger partial charge in [0.25, 0.3) is 0 Å². The molecule has 0 saturated carbocycles.